The highest BCUT2D eigenvalue weighted by molar-refractivity contribution is 6.29. The van der Waals surface area contributed by atoms with Gasteiger partial charge in [-0.2, -0.15) is 0 Å². The molecule has 2 N–H and O–H groups in total. The molecule has 1 rings (SSSR count). The minimum absolute atomic E-state index is 0.216. The lowest BCUT2D eigenvalue weighted by Crippen LogP contribution is -2.21. The lowest BCUT2D eigenvalue weighted by Gasteiger charge is -2.14. The molecule has 6 nitrogen and oxygen atoms in total. The summed E-state index contributed by atoms with van der Waals surface area (Å²) in [7, 11) is 0. The van der Waals surface area contributed by atoms with E-state index in [1.807, 2.05) is 0 Å². The van der Waals surface area contributed by atoms with Crippen molar-refractivity contribution in [3.63, 3.8) is 0 Å². The summed E-state index contributed by atoms with van der Waals surface area (Å²) in [5.74, 6) is 0. The second-order valence-electron chi connectivity index (χ2n) is 2.81. The Bertz CT molecular complexity index is 381. The Morgan fingerprint density at radius 3 is 2.87 bits per heavy atom. The van der Waals surface area contributed by atoms with Crippen molar-refractivity contribution in [3.05, 3.63) is 39.5 Å². The Morgan fingerprint density at radius 2 is 2.27 bits per heavy atom. The molecule has 0 radical (unpaired) electrons. The highest BCUT2D eigenvalue weighted by atomic mass is 35.5. The molecule has 0 bridgehead atoms. The topological polar surface area (TPSA) is 102 Å². The average molecular weight is 229 g/mol. The molecule has 0 aliphatic heterocycles. The van der Waals surface area contributed by atoms with Crippen molar-refractivity contribution in [3.8, 4) is 0 Å². The van der Waals surface area contributed by atoms with E-state index in [-0.39, 0.29) is 17.4 Å². The second-order valence-corrected chi connectivity index (χ2v) is 3.20. The minimum Gasteiger partial charge on any atom is -0.390 e. The number of azide groups is 1. The second kappa shape index (κ2) is 5.53. The van der Waals surface area contributed by atoms with Gasteiger partial charge in [0.05, 0.1) is 18.3 Å². The minimum atomic E-state index is -1.21. The van der Waals surface area contributed by atoms with Crippen LogP contribution in [0.4, 0.5) is 0 Å². The van der Waals surface area contributed by atoms with E-state index in [0.717, 1.165) is 0 Å². The first-order valence-corrected chi connectivity index (χ1v) is 4.52. The fourth-order valence-corrected chi connectivity index (χ4v) is 1.18. The Morgan fingerprint density at radius 1 is 1.53 bits per heavy atom. The molecule has 0 saturated heterocycles. The first-order chi connectivity index (χ1) is 7.15. The zero-order chi connectivity index (χ0) is 11.3. The van der Waals surface area contributed by atoms with Crippen LogP contribution in [0.1, 0.15) is 11.8 Å². The van der Waals surface area contributed by atoms with Gasteiger partial charge >= 0.3 is 0 Å². The molecule has 1 aromatic rings. The zero-order valence-electron chi connectivity index (χ0n) is 7.66. The number of aliphatic hydroxyl groups excluding tert-OH is 2. The largest absolute Gasteiger partial charge is 0.390 e. The summed E-state index contributed by atoms with van der Waals surface area (Å²) in [5.41, 5.74) is 8.28. The van der Waals surface area contributed by atoms with Crippen LogP contribution in [-0.4, -0.2) is 27.8 Å². The molecule has 80 valence electrons. The number of rotatable bonds is 4. The van der Waals surface area contributed by atoms with Crippen molar-refractivity contribution in [2.24, 2.45) is 5.11 Å². The van der Waals surface area contributed by atoms with Gasteiger partial charge in [0.1, 0.15) is 11.3 Å². The summed E-state index contributed by atoms with van der Waals surface area (Å²) >= 11 is 5.61. The Balaban J connectivity index is 2.75. The quantitative estimate of drug-likeness (QED) is 0.353. The van der Waals surface area contributed by atoms with Crippen molar-refractivity contribution < 1.29 is 10.2 Å². The summed E-state index contributed by atoms with van der Waals surface area (Å²) in [5, 5.41) is 22.4. The lowest BCUT2D eigenvalue weighted by molar-refractivity contribution is 0.0218. The predicted octanol–water partition coefficient (Wildman–Crippen LogP) is 1.44. The molecule has 1 aromatic heterocycles. The van der Waals surface area contributed by atoms with E-state index in [4.69, 9.17) is 17.1 Å². The van der Waals surface area contributed by atoms with E-state index in [2.05, 4.69) is 15.0 Å². The number of halogens is 1. The molecule has 1 heterocycles. The third-order valence-electron chi connectivity index (χ3n) is 1.74. The summed E-state index contributed by atoms with van der Waals surface area (Å²) in [4.78, 5) is 6.30. The van der Waals surface area contributed by atoms with Crippen LogP contribution in [0.15, 0.2) is 23.3 Å². The van der Waals surface area contributed by atoms with Gasteiger partial charge in [0.15, 0.2) is 0 Å². The molecule has 2 unspecified atom stereocenters. The van der Waals surface area contributed by atoms with Gasteiger partial charge in [0.2, 0.25) is 0 Å². The molecule has 0 amide bonds. The van der Waals surface area contributed by atoms with Crippen LogP contribution in [0, 0.1) is 0 Å². The third-order valence-corrected chi connectivity index (χ3v) is 1.95. The summed E-state index contributed by atoms with van der Waals surface area (Å²) in [6, 6.07) is 4.68. The maximum atomic E-state index is 9.59. The molecule has 15 heavy (non-hydrogen) atoms. The highest BCUT2D eigenvalue weighted by Crippen LogP contribution is 2.16. The SMILES string of the molecule is [N-]=[N+]=NCC(O)C(O)c1cccc(Cl)n1. The van der Waals surface area contributed by atoms with E-state index in [0.29, 0.717) is 0 Å². The smallest absolute Gasteiger partial charge is 0.129 e. The van der Waals surface area contributed by atoms with E-state index in [1.165, 1.54) is 6.07 Å². The average Bonchev–Trinajstić information content (AvgIpc) is 2.24. The molecule has 0 aromatic carbocycles. The van der Waals surface area contributed by atoms with Gasteiger partial charge in [-0.25, -0.2) is 4.98 Å². The molecule has 0 saturated carbocycles. The predicted molar refractivity (Wildman–Crippen MR) is 54.2 cm³/mol. The van der Waals surface area contributed by atoms with Gasteiger partial charge < -0.3 is 10.2 Å². The van der Waals surface area contributed by atoms with Gasteiger partial charge in [-0.1, -0.05) is 22.8 Å². The van der Waals surface area contributed by atoms with Crippen LogP contribution in [0.3, 0.4) is 0 Å². The molecular formula is C8H9ClN4O2. The third kappa shape index (κ3) is 3.38. The molecular weight excluding hydrogens is 220 g/mol. The summed E-state index contributed by atoms with van der Waals surface area (Å²) in [6.45, 7) is -0.216. The van der Waals surface area contributed by atoms with Gasteiger partial charge in [0.25, 0.3) is 0 Å². The number of pyridine rings is 1. The Labute approximate surface area is 90.8 Å². The number of hydrogen-bond acceptors (Lipinski definition) is 4. The zero-order valence-corrected chi connectivity index (χ0v) is 8.41. The first kappa shape index (κ1) is 11.7. The molecule has 0 aliphatic carbocycles. The fourth-order valence-electron chi connectivity index (χ4n) is 1.01. The van der Waals surface area contributed by atoms with Crippen molar-refractivity contribution in [1.82, 2.24) is 4.98 Å². The van der Waals surface area contributed by atoms with Crippen LogP contribution in [0.2, 0.25) is 5.15 Å². The Kier molecular flexibility index (Phi) is 4.33. The van der Waals surface area contributed by atoms with Crippen LogP contribution in [0.25, 0.3) is 10.4 Å². The van der Waals surface area contributed by atoms with Gasteiger partial charge in [0, 0.05) is 4.91 Å². The van der Waals surface area contributed by atoms with Crippen LogP contribution in [0.5, 0.6) is 0 Å². The first-order valence-electron chi connectivity index (χ1n) is 4.14. The van der Waals surface area contributed by atoms with Gasteiger partial charge in [-0.15, -0.1) is 0 Å². The number of aliphatic hydroxyl groups is 2. The molecule has 0 spiro atoms. The standard InChI is InChI=1S/C8H9ClN4O2/c9-7-3-1-2-5(12-7)8(15)6(14)4-11-13-10/h1-3,6,8,14-15H,4H2. The van der Waals surface area contributed by atoms with E-state index < -0.39 is 12.2 Å². The van der Waals surface area contributed by atoms with Crippen LogP contribution in [-0.2, 0) is 0 Å². The van der Waals surface area contributed by atoms with E-state index >= 15 is 0 Å². The number of hydrogen-bond donors (Lipinski definition) is 2. The van der Waals surface area contributed by atoms with Crippen LogP contribution < -0.4 is 0 Å². The number of aromatic nitrogens is 1. The highest BCUT2D eigenvalue weighted by Gasteiger charge is 2.18. The summed E-state index contributed by atoms with van der Waals surface area (Å²) in [6.07, 6.45) is -2.40. The van der Waals surface area contributed by atoms with Gasteiger partial charge in [-0.05, 0) is 17.7 Å². The monoisotopic (exact) mass is 228 g/mol. The maximum absolute atomic E-state index is 9.59. The summed E-state index contributed by atoms with van der Waals surface area (Å²) < 4.78 is 0. The molecule has 0 fully saturated rings. The van der Waals surface area contributed by atoms with Crippen molar-refractivity contribution in [2.45, 2.75) is 12.2 Å². The van der Waals surface area contributed by atoms with Crippen molar-refractivity contribution >= 4 is 11.6 Å². The van der Waals surface area contributed by atoms with E-state index in [9.17, 15) is 10.2 Å². The number of nitrogens with zero attached hydrogens (tertiary/aromatic N) is 4. The van der Waals surface area contributed by atoms with Crippen molar-refractivity contribution in [2.75, 3.05) is 6.54 Å². The normalized spacial score (nSPS) is 14.1. The van der Waals surface area contributed by atoms with Gasteiger partial charge in [-0.3, -0.25) is 0 Å². The molecule has 7 heteroatoms. The maximum Gasteiger partial charge on any atom is 0.129 e. The molecule has 2 atom stereocenters. The molecule has 0 aliphatic rings. The van der Waals surface area contributed by atoms with Crippen LogP contribution >= 0.6 is 11.6 Å². The Hall–Kier alpha value is -1.33. The fraction of sp³-hybridized carbons (Fsp3) is 0.375. The lowest BCUT2D eigenvalue weighted by atomic mass is 10.1. The van der Waals surface area contributed by atoms with E-state index in [1.54, 1.807) is 12.1 Å². The van der Waals surface area contributed by atoms with Crippen molar-refractivity contribution in [1.29, 1.82) is 0 Å².